The monoisotopic (exact) mass is 472 g/mol. The molecule has 1 heterocycles. The molecular weight excluding hydrogens is 436 g/mol. The summed E-state index contributed by atoms with van der Waals surface area (Å²) in [5.41, 5.74) is 0.131. The number of allylic oxidation sites excluding steroid dienone is 1. The van der Waals surface area contributed by atoms with E-state index < -0.39 is 31.9 Å². The lowest BCUT2D eigenvalue weighted by Gasteiger charge is -2.43. The first-order valence-corrected chi connectivity index (χ1v) is 14.7. The Labute approximate surface area is 197 Å². The highest BCUT2D eigenvalue weighted by Gasteiger charge is 2.61. The first kappa shape index (κ1) is 24.5. The molecule has 1 saturated carbocycles. The van der Waals surface area contributed by atoms with E-state index in [9.17, 15) is 14.4 Å². The lowest BCUT2D eigenvalue weighted by molar-refractivity contribution is -0.126. The van der Waals surface area contributed by atoms with Gasteiger partial charge in [0, 0.05) is 36.0 Å². The van der Waals surface area contributed by atoms with Crippen LogP contribution in [0.3, 0.4) is 0 Å². The van der Waals surface area contributed by atoms with Crippen molar-refractivity contribution in [1.29, 1.82) is 0 Å². The van der Waals surface area contributed by atoms with E-state index in [4.69, 9.17) is 13.9 Å². The Morgan fingerprint density at radius 2 is 1.70 bits per heavy atom. The van der Waals surface area contributed by atoms with Crippen LogP contribution in [0, 0.1) is 23.7 Å². The fourth-order valence-electron chi connectivity index (χ4n) is 5.99. The number of carbonyl (C=O) groups excluding carboxylic acids is 3. The van der Waals surface area contributed by atoms with Gasteiger partial charge in [0.15, 0.2) is 19.9 Å². The molecule has 1 saturated heterocycles. The predicted molar refractivity (Wildman–Crippen MR) is 127 cm³/mol. The first-order valence-electron chi connectivity index (χ1n) is 12.2. The minimum Gasteiger partial charge on any atom is -0.413 e. The zero-order chi connectivity index (χ0) is 24.1. The Kier molecular flexibility index (Phi) is 6.55. The smallest absolute Gasteiger partial charge is 0.192 e. The molecule has 3 aliphatic carbocycles. The number of rotatable bonds is 8. The number of ether oxygens (including phenoxy) is 2. The van der Waals surface area contributed by atoms with Gasteiger partial charge in [-0.1, -0.05) is 39.0 Å². The van der Waals surface area contributed by atoms with Crippen molar-refractivity contribution in [1.82, 2.24) is 0 Å². The SMILES string of the molecule is CC[Si](CC)(CC)O[C@H]1C2C=C[C@H]1[C@H]1C(=O)/C(=C\C=O)[C@H](C(C)(C)OC)C=C1C(=O)[C@H]1O[C@@H]21. The third kappa shape index (κ3) is 3.87. The van der Waals surface area contributed by atoms with Crippen LogP contribution in [0.25, 0.3) is 0 Å². The van der Waals surface area contributed by atoms with Gasteiger partial charge in [0.2, 0.25) is 0 Å². The summed E-state index contributed by atoms with van der Waals surface area (Å²) in [5, 5.41) is 0. The minimum atomic E-state index is -1.98. The topological polar surface area (TPSA) is 82.2 Å². The van der Waals surface area contributed by atoms with Crippen molar-refractivity contribution < 1.29 is 28.3 Å². The molecule has 2 bridgehead atoms. The maximum Gasteiger partial charge on any atom is 0.192 e. The van der Waals surface area contributed by atoms with E-state index in [1.807, 2.05) is 19.9 Å². The van der Waals surface area contributed by atoms with Crippen molar-refractivity contribution >= 4 is 26.2 Å². The molecule has 6 nitrogen and oxygen atoms in total. The molecule has 2 fully saturated rings. The summed E-state index contributed by atoms with van der Waals surface area (Å²) >= 11 is 0. The molecule has 0 aromatic heterocycles. The van der Waals surface area contributed by atoms with E-state index in [0.29, 0.717) is 17.4 Å². The zero-order valence-electron chi connectivity index (χ0n) is 20.5. The van der Waals surface area contributed by atoms with Gasteiger partial charge in [0.05, 0.1) is 17.6 Å². The molecule has 180 valence electrons. The fourth-order valence-corrected chi connectivity index (χ4v) is 8.88. The van der Waals surface area contributed by atoms with E-state index in [-0.39, 0.29) is 35.6 Å². The molecule has 4 rings (SSSR count). The van der Waals surface area contributed by atoms with E-state index in [1.165, 1.54) is 6.08 Å². The quantitative estimate of drug-likeness (QED) is 0.176. The van der Waals surface area contributed by atoms with E-state index >= 15 is 0 Å². The number of carbonyl (C=O) groups is 3. The lowest BCUT2D eigenvalue weighted by Crippen LogP contribution is -2.51. The Morgan fingerprint density at radius 1 is 1.06 bits per heavy atom. The van der Waals surface area contributed by atoms with Crippen LogP contribution < -0.4 is 0 Å². The number of aldehydes is 1. The number of hydrogen-bond donors (Lipinski definition) is 0. The highest BCUT2D eigenvalue weighted by atomic mass is 28.4. The van der Waals surface area contributed by atoms with Gasteiger partial charge in [-0.15, -0.1) is 0 Å². The average molecular weight is 473 g/mol. The molecule has 1 unspecified atom stereocenters. The molecule has 0 amide bonds. The molecule has 4 aliphatic rings. The molecule has 7 heteroatoms. The molecule has 0 aromatic carbocycles. The zero-order valence-corrected chi connectivity index (χ0v) is 21.5. The number of hydrogen-bond acceptors (Lipinski definition) is 6. The summed E-state index contributed by atoms with van der Waals surface area (Å²) in [4.78, 5) is 39.0. The number of epoxide rings is 1. The Bertz CT molecular complexity index is 919. The van der Waals surface area contributed by atoms with E-state index in [0.717, 1.165) is 18.1 Å². The van der Waals surface area contributed by atoms with Crippen LogP contribution in [0.1, 0.15) is 34.6 Å². The van der Waals surface area contributed by atoms with Gasteiger partial charge >= 0.3 is 0 Å². The van der Waals surface area contributed by atoms with Gasteiger partial charge in [-0.2, -0.15) is 0 Å². The number of methoxy groups -OCH3 is 1. The van der Waals surface area contributed by atoms with Gasteiger partial charge in [0.1, 0.15) is 18.5 Å². The van der Waals surface area contributed by atoms with Crippen LogP contribution in [0.15, 0.2) is 35.5 Å². The van der Waals surface area contributed by atoms with Gasteiger partial charge in [-0.25, -0.2) is 0 Å². The number of fused-ring (bicyclic) bond motifs is 6. The van der Waals surface area contributed by atoms with Crippen molar-refractivity contribution in [3.8, 4) is 0 Å². The molecule has 0 radical (unpaired) electrons. The van der Waals surface area contributed by atoms with Crippen molar-refractivity contribution in [2.24, 2.45) is 23.7 Å². The Morgan fingerprint density at radius 3 is 2.27 bits per heavy atom. The largest absolute Gasteiger partial charge is 0.413 e. The van der Waals surface area contributed by atoms with E-state index in [1.54, 1.807) is 7.11 Å². The van der Waals surface area contributed by atoms with Crippen molar-refractivity contribution in [3.05, 3.63) is 35.5 Å². The maximum atomic E-state index is 14.0. The van der Waals surface area contributed by atoms with E-state index in [2.05, 4.69) is 32.9 Å². The first-order chi connectivity index (χ1) is 15.7. The molecule has 7 atom stereocenters. The van der Waals surface area contributed by atoms with Crippen LogP contribution in [0.2, 0.25) is 18.1 Å². The van der Waals surface area contributed by atoms with Crippen LogP contribution in [-0.2, 0) is 28.3 Å². The third-order valence-corrected chi connectivity index (χ3v) is 13.2. The van der Waals surface area contributed by atoms with Crippen LogP contribution in [-0.4, -0.2) is 57.2 Å². The summed E-state index contributed by atoms with van der Waals surface area (Å²) in [5.74, 6) is -1.72. The fraction of sp³-hybridized carbons (Fsp3) is 0.654. The predicted octanol–water partition coefficient (Wildman–Crippen LogP) is 3.82. The molecule has 0 spiro atoms. The molecule has 33 heavy (non-hydrogen) atoms. The van der Waals surface area contributed by atoms with Crippen molar-refractivity contribution in [2.45, 2.75) is 76.7 Å². The van der Waals surface area contributed by atoms with Gasteiger partial charge in [0.25, 0.3) is 0 Å². The average Bonchev–Trinajstić information content (AvgIpc) is 3.50. The summed E-state index contributed by atoms with van der Waals surface area (Å²) in [6.45, 7) is 10.3. The number of Topliss-reactive ketones (excluding diaryl/α,β-unsaturated/α-hetero) is 2. The molecular formula is C26H36O6Si. The van der Waals surface area contributed by atoms with Gasteiger partial charge < -0.3 is 13.9 Å². The molecule has 0 N–H and O–H groups in total. The second kappa shape index (κ2) is 8.84. The second-order valence-electron chi connectivity index (χ2n) is 10.3. The van der Waals surface area contributed by atoms with Crippen molar-refractivity contribution in [2.75, 3.05) is 7.11 Å². The lowest BCUT2D eigenvalue weighted by atomic mass is 9.65. The Hall–Kier alpha value is -1.67. The molecule has 1 aliphatic heterocycles. The van der Waals surface area contributed by atoms with Crippen LogP contribution >= 0.6 is 0 Å². The second-order valence-corrected chi connectivity index (χ2v) is 15.0. The van der Waals surface area contributed by atoms with Crippen molar-refractivity contribution in [3.63, 3.8) is 0 Å². The molecule has 0 aromatic rings. The highest BCUT2D eigenvalue weighted by molar-refractivity contribution is 6.73. The summed E-state index contributed by atoms with van der Waals surface area (Å²) in [7, 11) is -0.402. The third-order valence-electron chi connectivity index (χ3n) is 8.57. The normalized spacial score (nSPS) is 36.7. The number of ketones is 2. The summed E-state index contributed by atoms with van der Waals surface area (Å²) in [6, 6.07) is 3.02. The maximum absolute atomic E-state index is 14.0. The summed E-state index contributed by atoms with van der Waals surface area (Å²) in [6.07, 6.45) is 7.09. The van der Waals surface area contributed by atoms with Crippen LogP contribution in [0.5, 0.6) is 0 Å². The van der Waals surface area contributed by atoms with Gasteiger partial charge in [-0.3, -0.25) is 14.4 Å². The minimum absolute atomic E-state index is 0.0264. The summed E-state index contributed by atoms with van der Waals surface area (Å²) < 4.78 is 18.6. The van der Waals surface area contributed by atoms with Crippen LogP contribution in [0.4, 0.5) is 0 Å². The highest BCUT2D eigenvalue weighted by Crippen LogP contribution is 2.52. The standard InChI is InChI=1S/C26H36O6Si/c1-7-33(8-2,9-3)32-23-16-10-11-17(23)24-25(31-24)22(29)18-14-19(26(4,5)30-6)15(12-13-27)21(28)20(16)18/h10-14,16-17,19-20,23-25H,7-9H2,1-6H3/b15-12-/t16-,17?,19+,20+,23+,24-,25+/m0/s1. The van der Waals surface area contributed by atoms with Gasteiger partial charge in [-0.05, 0) is 38.1 Å². The Balaban J connectivity index is 1.83.